The molecule has 0 rings (SSSR count). The van der Waals surface area contributed by atoms with Crippen molar-refractivity contribution >= 4 is 33.1 Å². The molecule has 0 unspecified atom stereocenters. The number of carboxylic acid groups (broad SMARTS) is 2. The van der Waals surface area contributed by atoms with Crippen molar-refractivity contribution < 1.29 is 19.8 Å². The molecule has 0 atom stereocenters. The fourth-order valence-corrected chi connectivity index (χ4v) is 6.47. The first-order chi connectivity index (χ1) is 12.0. The van der Waals surface area contributed by atoms with Crippen LogP contribution >= 0.6 is 0 Å². The Labute approximate surface area is 164 Å². The Bertz CT molecular complexity index is 372. The normalized spacial score (nSPS) is 11.0. The maximum absolute atomic E-state index is 10.8. The number of carbonyl (C=O) groups is 2. The molecule has 0 aromatic rings. The number of hydrogen-bond acceptors (Lipinski definition) is 4. The Morgan fingerprint density at radius 2 is 1.16 bits per heavy atom. The van der Waals surface area contributed by atoms with Gasteiger partial charge in [0, 0.05) is 0 Å². The van der Waals surface area contributed by atoms with Crippen molar-refractivity contribution in [1.82, 2.24) is 0 Å². The van der Waals surface area contributed by atoms with Gasteiger partial charge in [-0.1, -0.05) is 33.1 Å². The fraction of sp³-hybridized carbons (Fsp3) is 0.800. The number of carboxylic acids is 2. The van der Waals surface area contributed by atoms with Gasteiger partial charge in [-0.25, -0.2) is 0 Å². The van der Waals surface area contributed by atoms with Crippen molar-refractivity contribution in [2.45, 2.75) is 101 Å². The number of hydrogen-bond donors (Lipinski definition) is 0. The molecule has 4 nitrogen and oxygen atoms in total. The zero-order chi connectivity index (χ0) is 19.5. The average molecular weight is 459 g/mol. The van der Waals surface area contributed by atoms with Gasteiger partial charge in [0.25, 0.3) is 0 Å². The minimum atomic E-state index is -1.41. The molecule has 0 saturated heterocycles. The summed E-state index contributed by atoms with van der Waals surface area (Å²) in [6.45, 7) is 8.23. The summed E-state index contributed by atoms with van der Waals surface area (Å²) in [5.41, 5.74) is -0.255. The molecule has 0 aliphatic carbocycles. The summed E-state index contributed by atoms with van der Waals surface area (Å²) in [5.74, 6) is -2.80. The Morgan fingerprint density at radius 1 is 0.680 bits per heavy atom. The monoisotopic (exact) mass is 460 g/mol. The molecule has 25 heavy (non-hydrogen) atoms. The van der Waals surface area contributed by atoms with Crippen molar-refractivity contribution in [2.75, 3.05) is 0 Å². The van der Waals surface area contributed by atoms with E-state index in [1.54, 1.807) is 15.8 Å². The van der Waals surface area contributed by atoms with Crippen LogP contribution in [-0.4, -0.2) is 33.1 Å². The van der Waals surface area contributed by atoms with E-state index >= 15 is 0 Å². The molecule has 0 saturated carbocycles. The van der Waals surface area contributed by atoms with E-state index in [-0.39, 0.29) is 45.1 Å². The van der Waals surface area contributed by atoms with Gasteiger partial charge in [0.05, 0.1) is 11.9 Å². The van der Waals surface area contributed by atoms with Crippen LogP contribution in [0.2, 0.25) is 8.87 Å². The summed E-state index contributed by atoms with van der Waals surface area (Å²) < 4.78 is 3.25. The molecule has 0 amide bonds. The first-order valence-corrected chi connectivity index (χ1v) is 13.8. The van der Waals surface area contributed by atoms with Crippen molar-refractivity contribution in [2.24, 2.45) is 0 Å². The molecule has 0 N–H and O–H groups in total. The van der Waals surface area contributed by atoms with Gasteiger partial charge < -0.3 is 19.8 Å². The molecule has 0 spiro atoms. The second kappa shape index (κ2) is 19.8. The Morgan fingerprint density at radius 3 is 1.52 bits per heavy atom. The van der Waals surface area contributed by atoms with Crippen LogP contribution in [-0.2, 0) is 9.59 Å². The van der Waals surface area contributed by atoms with E-state index in [1.165, 1.54) is 25.7 Å². The van der Waals surface area contributed by atoms with Gasteiger partial charge in [0.2, 0.25) is 0 Å². The standard InChI is InChI=1S/C12H20O4.2C4H9.Sn/c1-3-5-6-7-8-10(12(15)16)9(4-2)11(13)14;2*1-3-4-2;/h3-8H2,1-2H3,(H,13,14)(H,15,16);2*1,3-4H2,2H3;/q;;;+2/p-2/b10-9-;;;. The van der Waals surface area contributed by atoms with Gasteiger partial charge >= 0.3 is 69.5 Å². The molecule has 0 aliphatic heterocycles. The summed E-state index contributed by atoms with van der Waals surface area (Å²) in [5, 5.41) is 21.5. The van der Waals surface area contributed by atoms with E-state index in [1.807, 2.05) is 6.92 Å². The molecule has 144 valence electrons. The molecule has 0 radical (unpaired) electrons. The van der Waals surface area contributed by atoms with Gasteiger partial charge in [-0.2, -0.15) is 0 Å². The molecule has 5 heteroatoms. The first-order valence-electron chi connectivity index (χ1n) is 9.81. The third-order valence-corrected chi connectivity index (χ3v) is 7.94. The van der Waals surface area contributed by atoms with Gasteiger partial charge in [-0.05, 0) is 30.4 Å². The quantitative estimate of drug-likeness (QED) is 0.227. The van der Waals surface area contributed by atoms with Crippen LogP contribution in [0, 0.1) is 0 Å². The van der Waals surface area contributed by atoms with Crippen LogP contribution in [0.25, 0.3) is 0 Å². The number of unbranched alkanes of at least 4 members (excludes halogenated alkanes) is 5. The van der Waals surface area contributed by atoms with Crippen LogP contribution in [0.5, 0.6) is 0 Å². The SMILES string of the molecule is CCCCCC/C(C(=O)[O-])=C(\CC)C(=O)[O-].CCC[CH2][Sn+2][CH2]CCC. The molecule has 0 fully saturated rings. The van der Waals surface area contributed by atoms with E-state index in [9.17, 15) is 19.8 Å². The number of aliphatic carboxylic acids is 2. The van der Waals surface area contributed by atoms with Gasteiger partial charge in [-0.3, -0.25) is 0 Å². The van der Waals surface area contributed by atoms with E-state index in [0.717, 1.165) is 19.3 Å². The molecule has 0 heterocycles. The summed E-state index contributed by atoms with van der Waals surface area (Å²) in [4.78, 5) is 21.5. The van der Waals surface area contributed by atoms with Crippen LogP contribution in [0.3, 0.4) is 0 Å². The summed E-state index contributed by atoms with van der Waals surface area (Å²) in [6.07, 6.45) is 9.88. The average Bonchev–Trinajstić information content (AvgIpc) is 2.57. The Hall–Kier alpha value is -0.521. The molecule has 0 bridgehead atoms. The van der Waals surface area contributed by atoms with Gasteiger partial charge in [0.1, 0.15) is 0 Å². The summed E-state index contributed by atoms with van der Waals surface area (Å²) >= 11 is 0.149. The molecule has 0 aliphatic rings. The summed E-state index contributed by atoms with van der Waals surface area (Å²) in [6, 6.07) is 0. The van der Waals surface area contributed by atoms with Crippen LogP contribution in [0.15, 0.2) is 11.1 Å². The van der Waals surface area contributed by atoms with Crippen LogP contribution in [0.1, 0.15) is 91.9 Å². The zero-order valence-electron chi connectivity index (χ0n) is 16.6. The van der Waals surface area contributed by atoms with Crippen molar-refractivity contribution in [1.29, 1.82) is 0 Å². The molecule has 0 aromatic heterocycles. The van der Waals surface area contributed by atoms with Crippen LogP contribution in [0.4, 0.5) is 0 Å². The number of carbonyl (C=O) groups excluding carboxylic acids is 2. The minimum absolute atomic E-state index is 0.112. The van der Waals surface area contributed by atoms with E-state index in [0.29, 0.717) is 6.42 Å². The van der Waals surface area contributed by atoms with Gasteiger partial charge in [-0.15, -0.1) is 0 Å². The molecular weight excluding hydrogens is 423 g/mol. The molecule has 0 aromatic carbocycles. The Balaban J connectivity index is 0. The Kier molecular flexibility index (Phi) is 21.1. The van der Waals surface area contributed by atoms with Crippen LogP contribution < -0.4 is 10.2 Å². The van der Waals surface area contributed by atoms with E-state index in [4.69, 9.17) is 0 Å². The predicted molar refractivity (Wildman–Crippen MR) is 101 cm³/mol. The zero-order valence-corrected chi connectivity index (χ0v) is 19.5. The van der Waals surface area contributed by atoms with Crippen molar-refractivity contribution in [3.8, 4) is 0 Å². The predicted octanol–water partition coefficient (Wildman–Crippen LogP) is 3.29. The summed E-state index contributed by atoms with van der Waals surface area (Å²) in [7, 11) is 0. The van der Waals surface area contributed by atoms with E-state index < -0.39 is 11.9 Å². The maximum atomic E-state index is 10.8. The third-order valence-electron chi connectivity index (χ3n) is 3.91. The molecular formula is C20H36O4Sn. The van der Waals surface area contributed by atoms with Gasteiger partial charge in [0.15, 0.2) is 0 Å². The van der Waals surface area contributed by atoms with Crippen molar-refractivity contribution in [3.63, 3.8) is 0 Å². The fourth-order valence-electron chi connectivity index (χ4n) is 2.31. The second-order valence-corrected chi connectivity index (χ2v) is 10.4. The van der Waals surface area contributed by atoms with E-state index in [2.05, 4.69) is 13.8 Å². The second-order valence-electron chi connectivity index (χ2n) is 6.15. The third kappa shape index (κ3) is 16.7. The number of rotatable bonds is 14. The first kappa shape index (κ1) is 26.7. The topological polar surface area (TPSA) is 80.3 Å². The van der Waals surface area contributed by atoms with Crippen molar-refractivity contribution in [3.05, 3.63) is 11.1 Å².